The lowest BCUT2D eigenvalue weighted by atomic mass is 10.2. The molecule has 0 radical (unpaired) electrons. The lowest BCUT2D eigenvalue weighted by Gasteiger charge is -2.20. The maximum absolute atomic E-state index is 12.4. The quantitative estimate of drug-likeness (QED) is 0.488. The molecule has 0 aliphatic carbocycles. The first kappa shape index (κ1) is 18.6. The molecule has 1 aliphatic rings. The van der Waals surface area contributed by atoms with E-state index in [0.717, 1.165) is 15.4 Å². The first-order valence-electron chi connectivity index (χ1n) is 8.11. The van der Waals surface area contributed by atoms with E-state index in [2.05, 4.69) is 5.32 Å². The number of hydrogen-bond acceptors (Lipinski definition) is 4. The topological polar surface area (TPSA) is 91.2 Å². The molecule has 1 saturated heterocycles. The van der Waals surface area contributed by atoms with E-state index in [4.69, 9.17) is 0 Å². The van der Waals surface area contributed by atoms with E-state index in [0.29, 0.717) is 4.90 Å². The molecular formula is C17H23N4O4+. The second-order valence-electron chi connectivity index (χ2n) is 6.41. The summed E-state index contributed by atoms with van der Waals surface area (Å²) < 4.78 is 0. The van der Waals surface area contributed by atoms with Crippen LogP contribution in [0.25, 0.3) is 0 Å². The molecule has 0 aromatic heterocycles. The predicted molar refractivity (Wildman–Crippen MR) is 89.1 cm³/mol. The number of hydrogen-bond donors (Lipinski definition) is 2. The first-order chi connectivity index (χ1) is 11.8. The molecule has 134 valence electrons. The van der Waals surface area contributed by atoms with Gasteiger partial charge < -0.3 is 10.2 Å². The van der Waals surface area contributed by atoms with E-state index in [1.165, 1.54) is 0 Å². The van der Waals surface area contributed by atoms with Crippen LogP contribution in [0.3, 0.4) is 0 Å². The molecule has 1 unspecified atom stereocenters. The normalized spacial score (nSPS) is 15.9. The number of imide groups is 2. The van der Waals surface area contributed by atoms with Crippen LogP contribution in [0.2, 0.25) is 0 Å². The summed E-state index contributed by atoms with van der Waals surface area (Å²) in [7, 11) is 1.69. The highest BCUT2D eigenvalue weighted by molar-refractivity contribution is 6.44. The minimum atomic E-state index is -0.857. The van der Waals surface area contributed by atoms with Crippen LogP contribution in [0.15, 0.2) is 30.3 Å². The second-order valence-corrected chi connectivity index (χ2v) is 6.41. The van der Waals surface area contributed by atoms with Crippen LogP contribution in [0.5, 0.6) is 0 Å². The SMILES string of the molecule is CC(C)NC(=O)C[NH+](C)CN1C(=O)C(=O)N(Cc2ccccc2)C1=O. The molecule has 5 amide bonds. The van der Waals surface area contributed by atoms with Gasteiger partial charge >= 0.3 is 17.8 Å². The molecule has 2 rings (SSSR count). The van der Waals surface area contributed by atoms with Gasteiger partial charge in [0.2, 0.25) is 0 Å². The van der Waals surface area contributed by atoms with Crippen molar-refractivity contribution in [2.24, 2.45) is 0 Å². The maximum Gasteiger partial charge on any atom is 0.339 e. The van der Waals surface area contributed by atoms with Crippen LogP contribution in [0.1, 0.15) is 19.4 Å². The summed E-state index contributed by atoms with van der Waals surface area (Å²) in [5, 5.41) is 2.75. The van der Waals surface area contributed by atoms with Crippen molar-refractivity contribution >= 4 is 23.8 Å². The third-order valence-corrected chi connectivity index (χ3v) is 3.66. The lowest BCUT2D eigenvalue weighted by molar-refractivity contribution is -0.879. The molecule has 0 saturated carbocycles. The Bertz CT molecular complexity index is 674. The van der Waals surface area contributed by atoms with Gasteiger partial charge in [-0.3, -0.25) is 19.3 Å². The number of urea groups is 1. The fourth-order valence-electron chi connectivity index (χ4n) is 2.57. The Morgan fingerprint density at radius 2 is 1.68 bits per heavy atom. The van der Waals surface area contributed by atoms with E-state index in [1.54, 1.807) is 31.3 Å². The number of quaternary nitrogens is 1. The summed E-state index contributed by atoms with van der Waals surface area (Å²) in [5.74, 6) is -1.88. The number of nitrogens with one attached hydrogen (secondary N) is 2. The highest BCUT2D eigenvalue weighted by Gasteiger charge is 2.45. The fraction of sp³-hybridized carbons (Fsp3) is 0.412. The Kier molecular flexibility index (Phi) is 5.87. The van der Waals surface area contributed by atoms with Gasteiger partial charge in [-0.1, -0.05) is 30.3 Å². The Labute approximate surface area is 146 Å². The summed E-state index contributed by atoms with van der Waals surface area (Å²) in [6, 6.07) is 8.34. The molecule has 1 aromatic carbocycles. The van der Waals surface area contributed by atoms with Crippen LogP contribution in [-0.4, -0.2) is 59.9 Å². The molecule has 8 heteroatoms. The highest BCUT2D eigenvalue weighted by Crippen LogP contribution is 2.14. The number of rotatable bonds is 7. The highest BCUT2D eigenvalue weighted by atomic mass is 16.2. The molecule has 2 N–H and O–H groups in total. The smallest absolute Gasteiger partial charge is 0.339 e. The number of carbonyl (C=O) groups excluding carboxylic acids is 4. The van der Waals surface area contributed by atoms with Crippen molar-refractivity contribution < 1.29 is 24.1 Å². The number of nitrogens with zero attached hydrogens (tertiary/aromatic N) is 2. The van der Waals surface area contributed by atoms with E-state index in [-0.39, 0.29) is 31.7 Å². The van der Waals surface area contributed by atoms with Crippen molar-refractivity contribution in [3.8, 4) is 0 Å². The van der Waals surface area contributed by atoms with Gasteiger partial charge in [0.05, 0.1) is 13.6 Å². The fourth-order valence-corrected chi connectivity index (χ4v) is 2.57. The lowest BCUT2D eigenvalue weighted by Crippen LogP contribution is -3.12. The zero-order valence-electron chi connectivity index (χ0n) is 14.6. The largest absolute Gasteiger partial charge is 0.349 e. The van der Waals surface area contributed by atoms with Crippen LogP contribution in [0.4, 0.5) is 4.79 Å². The average Bonchev–Trinajstić information content (AvgIpc) is 2.73. The number of benzene rings is 1. The minimum Gasteiger partial charge on any atom is -0.349 e. The van der Waals surface area contributed by atoms with Gasteiger partial charge in [-0.15, -0.1) is 0 Å². The third-order valence-electron chi connectivity index (χ3n) is 3.66. The second kappa shape index (κ2) is 7.89. The van der Waals surface area contributed by atoms with Crippen molar-refractivity contribution in [3.05, 3.63) is 35.9 Å². The zero-order valence-corrected chi connectivity index (χ0v) is 14.6. The predicted octanol–water partition coefficient (Wildman–Crippen LogP) is -1.03. The van der Waals surface area contributed by atoms with Crippen LogP contribution < -0.4 is 10.2 Å². The first-order valence-corrected chi connectivity index (χ1v) is 8.11. The monoisotopic (exact) mass is 347 g/mol. The number of likely N-dealkylation sites (N-methyl/N-ethyl adjacent to an activating group) is 1. The van der Waals surface area contributed by atoms with Gasteiger partial charge in [0.25, 0.3) is 5.91 Å². The summed E-state index contributed by atoms with van der Waals surface area (Å²) in [6.45, 7) is 3.80. The van der Waals surface area contributed by atoms with E-state index in [9.17, 15) is 19.2 Å². The van der Waals surface area contributed by atoms with E-state index in [1.807, 2.05) is 19.9 Å². The molecular weight excluding hydrogens is 324 g/mol. The molecule has 1 aromatic rings. The average molecular weight is 347 g/mol. The van der Waals surface area contributed by atoms with Crippen LogP contribution in [0, 0.1) is 0 Å². The van der Waals surface area contributed by atoms with Crippen molar-refractivity contribution in [3.63, 3.8) is 0 Å². The van der Waals surface area contributed by atoms with Crippen LogP contribution >= 0.6 is 0 Å². The summed E-state index contributed by atoms with van der Waals surface area (Å²) in [6.07, 6.45) is 0. The minimum absolute atomic E-state index is 0.0123. The van der Waals surface area contributed by atoms with Gasteiger partial charge in [0.15, 0.2) is 13.2 Å². The molecule has 0 bridgehead atoms. The number of carbonyl (C=O) groups is 4. The van der Waals surface area contributed by atoms with Crippen molar-refractivity contribution in [1.29, 1.82) is 0 Å². The van der Waals surface area contributed by atoms with Gasteiger partial charge in [0, 0.05) is 6.04 Å². The van der Waals surface area contributed by atoms with Gasteiger partial charge in [-0.05, 0) is 19.4 Å². The van der Waals surface area contributed by atoms with Crippen molar-refractivity contribution in [2.75, 3.05) is 20.3 Å². The Hall–Kier alpha value is -2.74. The standard InChI is InChI=1S/C17H22N4O4/c1-12(2)18-14(22)10-19(3)11-21-16(24)15(23)20(17(21)25)9-13-7-5-4-6-8-13/h4-8,12H,9-11H2,1-3H3,(H,18,22)/p+1. The van der Waals surface area contributed by atoms with Crippen molar-refractivity contribution in [1.82, 2.24) is 15.1 Å². The van der Waals surface area contributed by atoms with Gasteiger partial charge in [-0.25, -0.2) is 9.69 Å². The molecule has 1 atom stereocenters. The van der Waals surface area contributed by atoms with E-state index >= 15 is 0 Å². The van der Waals surface area contributed by atoms with Gasteiger partial charge in [-0.2, -0.15) is 0 Å². The molecule has 0 spiro atoms. The molecule has 1 fully saturated rings. The molecule has 25 heavy (non-hydrogen) atoms. The summed E-state index contributed by atoms with van der Waals surface area (Å²) >= 11 is 0. The zero-order chi connectivity index (χ0) is 18.6. The Morgan fingerprint density at radius 1 is 1.08 bits per heavy atom. The maximum atomic E-state index is 12.4. The third kappa shape index (κ3) is 4.63. The number of amides is 5. The van der Waals surface area contributed by atoms with Crippen molar-refractivity contribution in [2.45, 2.75) is 26.4 Å². The van der Waals surface area contributed by atoms with E-state index < -0.39 is 17.8 Å². The van der Waals surface area contributed by atoms with Gasteiger partial charge in [0.1, 0.15) is 0 Å². The summed E-state index contributed by atoms with van der Waals surface area (Å²) in [5.41, 5.74) is 0.760. The Morgan fingerprint density at radius 3 is 2.28 bits per heavy atom. The molecule has 8 nitrogen and oxygen atoms in total. The van der Waals surface area contributed by atoms with Crippen LogP contribution in [-0.2, 0) is 20.9 Å². The summed E-state index contributed by atoms with van der Waals surface area (Å²) in [4.78, 5) is 50.9. The molecule has 1 heterocycles. The Balaban J connectivity index is 1.99. The molecule has 1 aliphatic heterocycles.